The number of aliphatic hydroxyl groups is 2. The van der Waals surface area contributed by atoms with Crippen molar-refractivity contribution in [1.82, 2.24) is 0 Å². The first-order valence-electron chi connectivity index (χ1n) is 9.22. The molecular weight excluding hydrogens is 276 g/mol. The first-order valence-corrected chi connectivity index (χ1v) is 9.22. The molecule has 4 rings (SSSR count). The number of carbonyl (C=O) groups excluding carboxylic acids is 1. The van der Waals surface area contributed by atoms with Crippen LogP contribution in [0.1, 0.15) is 65.2 Å². The number of hydrogen-bond donors (Lipinski definition) is 2. The highest BCUT2D eigenvalue weighted by Crippen LogP contribution is 2.65. The summed E-state index contributed by atoms with van der Waals surface area (Å²) in [5.41, 5.74) is 0.403. The molecule has 0 spiro atoms. The third-order valence-electron chi connectivity index (χ3n) is 8.19. The zero-order chi connectivity index (χ0) is 15.7. The summed E-state index contributed by atoms with van der Waals surface area (Å²) in [5.74, 6) is 1.85. The predicted molar refractivity (Wildman–Crippen MR) is 84.1 cm³/mol. The molecular formula is C19H30O3. The lowest BCUT2D eigenvalue weighted by atomic mass is 9.45. The van der Waals surface area contributed by atoms with Crippen LogP contribution in [0.3, 0.4) is 0 Å². The lowest BCUT2D eigenvalue weighted by Crippen LogP contribution is -2.56. The van der Waals surface area contributed by atoms with Crippen molar-refractivity contribution in [2.75, 3.05) is 0 Å². The summed E-state index contributed by atoms with van der Waals surface area (Å²) >= 11 is 0. The molecule has 2 N–H and O–H groups in total. The fraction of sp³-hybridized carbons (Fsp3) is 0.947. The summed E-state index contributed by atoms with van der Waals surface area (Å²) < 4.78 is 0. The number of rotatable bonds is 0. The van der Waals surface area contributed by atoms with E-state index in [0.717, 1.165) is 44.9 Å². The van der Waals surface area contributed by atoms with Crippen LogP contribution in [-0.2, 0) is 4.79 Å². The van der Waals surface area contributed by atoms with E-state index in [1.165, 1.54) is 0 Å². The van der Waals surface area contributed by atoms with Crippen molar-refractivity contribution >= 4 is 5.78 Å². The van der Waals surface area contributed by atoms with E-state index in [2.05, 4.69) is 13.8 Å². The summed E-state index contributed by atoms with van der Waals surface area (Å²) in [5, 5.41) is 20.2. The van der Waals surface area contributed by atoms with Crippen molar-refractivity contribution in [3.63, 3.8) is 0 Å². The summed E-state index contributed by atoms with van der Waals surface area (Å²) in [6, 6.07) is 0. The third kappa shape index (κ3) is 1.97. The highest BCUT2D eigenvalue weighted by molar-refractivity contribution is 5.83. The van der Waals surface area contributed by atoms with Crippen LogP contribution in [-0.4, -0.2) is 28.2 Å². The molecule has 0 amide bonds. The van der Waals surface area contributed by atoms with Crippen molar-refractivity contribution in [3.05, 3.63) is 0 Å². The van der Waals surface area contributed by atoms with E-state index in [0.29, 0.717) is 30.0 Å². The van der Waals surface area contributed by atoms with Crippen molar-refractivity contribution in [2.45, 2.75) is 77.4 Å². The monoisotopic (exact) mass is 306 g/mol. The van der Waals surface area contributed by atoms with Crippen LogP contribution in [0.2, 0.25) is 0 Å². The molecule has 0 aromatic rings. The molecule has 0 aromatic heterocycles. The molecule has 0 radical (unpaired) electrons. The van der Waals surface area contributed by atoms with Gasteiger partial charge in [0.05, 0.1) is 12.2 Å². The maximum absolute atomic E-state index is 13.0. The standard InChI is InChI=1S/C19H30O3/c1-18-5-4-14-17(15(18)9-13(21)10-18)16(22)8-11-7-12(20)3-6-19(11,14)2/h11-15,17,20-21H,3-10H2,1-2H3/t11-,12-,13+,14-,15-,17+,18-,19+/m1/s1. The van der Waals surface area contributed by atoms with Crippen LogP contribution in [0.5, 0.6) is 0 Å². The molecule has 3 nitrogen and oxygen atoms in total. The SMILES string of the molecule is C[C@]12CC[C@@H]3[C@H](C(=O)C[C@H]4C[C@H](O)CC[C@@]43C)[C@H]1C[C@H](O)C2. The Balaban J connectivity index is 1.68. The van der Waals surface area contributed by atoms with Gasteiger partial charge in [0.1, 0.15) is 5.78 Å². The highest BCUT2D eigenvalue weighted by Gasteiger charge is 2.61. The Kier molecular flexibility index (Phi) is 3.30. The van der Waals surface area contributed by atoms with Crippen molar-refractivity contribution in [1.29, 1.82) is 0 Å². The van der Waals surface area contributed by atoms with Gasteiger partial charge < -0.3 is 10.2 Å². The van der Waals surface area contributed by atoms with Crippen LogP contribution in [0, 0.1) is 34.5 Å². The van der Waals surface area contributed by atoms with Gasteiger partial charge in [-0.3, -0.25) is 4.79 Å². The van der Waals surface area contributed by atoms with Gasteiger partial charge in [-0.05, 0) is 73.5 Å². The molecule has 0 unspecified atom stereocenters. The largest absolute Gasteiger partial charge is 0.393 e. The Morgan fingerprint density at radius 2 is 1.77 bits per heavy atom. The highest BCUT2D eigenvalue weighted by atomic mass is 16.3. The Morgan fingerprint density at radius 3 is 2.55 bits per heavy atom. The molecule has 4 aliphatic carbocycles. The Bertz CT molecular complexity index is 489. The maximum atomic E-state index is 13.0. The van der Waals surface area contributed by atoms with Crippen LogP contribution in [0.4, 0.5) is 0 Å². The van der Waals surface area contributed by atoms with E-state index < -0.39 is 0 Å². The van der Waals surface area contributed by atoms with E-state index in [4.69, 9.17) is 0 Å². The fourth-order valence-corrected chi connectivity index (χ4v) is 6.93. The van der Waals surface area contributed by atoms with Crippen LogP contribution >= 0.6 is 0 Å². The normalized spacial score (nSPS) is 57.9. The van der Waals surface area contributed by atoms with Gasteiger partial charge in [0.25, 0.3) is 0 Å². The molecule has 3 heteroatoms. The molecule has 22 heavy (non-hydrogen) atoms. The van der Waals surface area contributed by atoms with Crippen molar-refractivity contribution < 1.29 is 15.0 Å². The molecule has 0 aromatic carbocycles. The van der Waals surface area contributed by atoms with Crippen LogP contribution < -0.4 is 0 Å². The lowest BCUT2D eigenvalue weighted by molar-refractivity contribution is -0.158. The lowest BCUT2D eigenvalue weighted by Gasteiger charge is -2.59. The number of hydrogen-bond acceptors (Lipinski definition) is 3. The summed E-state index contributed by atoms with van der Waals surface area (Å²) in [7, 11) is 0. The molecule has 4 saturated carbocycles. The average molecular weight is 306 g/mol. The summed E-state index contributed by atoms with van der Waals surface area (Å²) in [4.78, 5) is 13.0. The van der Waals surface area contributed by atoms with Gasteiger partial charge in [-0.25, -0.2) is 0 Å². The first kappa shape index (κ1) is 15.1. The van der Waals surface area contributed by atoms with E-state index in [9.17, 15) is 15.0 Å². The topological polar surface area (TPSA) is 57.5 Å². The molecule has 0 bridgehead atoms. The van der Waals surface area contributed by atoms with E-state index in [1.54, 1.807) is 0 Å². The van der Waals surface area contributed by atoms with Gasteiger partial charge in [0.2, 0.25) is 0 Å². The Labute approximate surface area is 133 Å². The van der Waals surface area contributed by atoms with Gasteiger partial charge in [0.15, 0.2) is 0 Å². The minimum Gasteiger partial charge on any atom is -0.393 e. The van der Waals surface area contributed by atoms with E-state index in [1.807, 2.05) is 0 Å². The molecule has 4 fully saturated rings. The van der Waals surface area contributed by atoms with Crippen molar-refractivity contribution in [2.24, 2.45) is 34.5 Å². The van der Waals surface area contributed by atoms with Gasteiger partial charge in [0, 0.05) is 12.3 Å². The number of carbonyl (C=O) groups is 1. The number of ketones is 1. The second-order valence-corrected chi connectivity index (χ2v) is 9.33. The third-order valence-corrected chi connectivity index (χ3v) is 8.19. The van der Waals surface area contributed by atoms with Crippen LogP contribution in [0.25, 0.3) is 0 Å². The quantitative estimate of drug-likeness (QED) is 0.723. The molecule has 8 atom stereocenters. The smallest absolute Gasteiger partial charge is 0.136 e. The number of fused-ring (bicyclic) bond motifs is 5. The average Bonchev–Trinajstić information content (AvgIpc) is 2.75. The Hall–Kier alpha value is -0.410. The minimum absolute atomic E-state index is 0.174. The molecule has 0 heterocycles. The first-order chi connectivity index (χ1) is 10.3. The number of Topliss-reactive ketones (excluding diaryl/α,β-unsaturated/α-hetero) is 1. The van der Waals surface area contributed by atoms with Crippen LogP contribution in [0.15, 0.2) is 0 Å². The summed E-state index contributed by atoms with van der Waals surface area (Å²) in [6.45, 7) is 4.69. The number of aliphatic hydroxyl groups excluding tert-OH is 2. The van der Waals surface area contributed by atoms with Crippen molar-refractivity contribution in [3.8, 4) is 0 Å². The Morgan fingerprint density at radius 1 is 1.00 bits per heavy atom. The molecule has 124 valence electrons. The van der Waals surface area contributed by atoms with E-state index >= 15 is 0 Å². The predicted octanol–water partition coefficient (Wildman–Crippen LogP) is 2.93. The zero-order valence-corrected chi connectivity index (χ0v) is 13.9. The second kappa shape index (κ2) is 4.80. The second-order valence-electron chi connectivity index (χ2n) is 9.33. The van der Waals surface area contributed by atoms with Gasteiger partial charge in [-0.15, -0.1) is 0 Å². The summed E-state index contributed by atoms with van der Waals surface area (Å²) in [6.07, 6.45) is 7.04. The minimum atomic E-state index is -0.208. The van der Waals surface area contributed by atoms with Gasteiger partial charge in [-0.1, -0.05) is 13.8 Å². The van der Waals surface area contributed by atoms with Gasteiger partial charge in [-0.2, -0.15) is 0 Å². The molecule has 0 saturated heterocycles. The molecule has 4 aliphatic rings. The zero-order valence-electron chi connectivity index (χ0n) is 13.9. The maximum Gasteiger partial charge on any atom is 0.136 e. The van der Waals surface area contributed by atoms with E-state index in [-0.39, 0.29) is 29.0 Å². The fourth-order valence-electron chi connectivity index (χ4n) is 6.93. The molecule has 0 aliphatic heterocycles. The van der Waals surface area contributed by atoms with Gasteiger partial charge >= 0.3 is 0 Å².